The van der Waals surface area contributed by atoms with Crippen LogP contribution in [0.15, 0.2) is 53.4 Å². The summed E-state index contributed by atoms with van der Waals surface area (Å²) in [6.45, 7) is 8.99. The van der Waals surface area contributed by atoms with E-state index < -0.39 is 6.04 Å². The van der Waals surface area contributed by atoms with E-state index in [1.165, 1.54) is 0 Å². The normalized spacial score (nSPS) is 11.9. The van der Waals surface area contributed by atoms with Gasteiger partial charge in [-0.2, -0.15) is 0 Å². The molecule has 0 heterocycles. The van der Waals surface area contributed by atoms with Crippen molar-refractivity contribution in [2.45, 2.75) is 58.0 Å². The van der Waals surface area contributed by atoms with E-state index in [9.17, 15) is 9.59 Å². The fourth-order valence-corrected chi connectivity index (χ4v) is 4.11. The van der Waals surface area contributed by atoms with E-state index in [1.54, 1.807) is 16.7 Å². The lowest BCUT2D eigenvalue weighted by Gasteiger charge is -2.29. The third-order valence-corrected chi connectivity index (χ3v) is 6.25. The Morgan fingerprint density at radius 1 is 1.10 bits per heavy atom. The third-order valence-electron chi connectivity index (χ3n) is 4.90. The molecule has 0 aliphatic rings. The number of halogens is 1. The molecule has 0 spiro atoms. The minimum Gasteiger partial charge on any atom is -0.354 e. The highest BCUT2D eigenvalue weighted by atomic mass is 35.5. The largest absolute Gasteiger partial charge is 0.354 e. The number of thioether (sulfide) groups is 1. The first-order valence-electron chi connectivity index (χ1n) is 10.8. The van der Waals surface area contributed by atoms with Crippen molar-refractivity contribution >= 4 is 35.2 Å². The molecular formula is C25H33ClN2O2S. The Morgan fingerprint density at radius 2 is 1.81 bits per heavy atom. The Hall–Kier alpha value is -1.98. The molecular weight excluding hydrogens is 428 g/mol. The van der Waals surface area contributed by atoms with Crippen molar-refractivity contribution in [3.8, 4) is 0 Å². The van der Waals surface area contributed by atoms with E-state index in [0.717, 1.165) is 33.2 Å². The first-order chi connectivity index (χ1) is 14.8. The van der Waals surface area contributed by atoms with Gasteiger partial charge in [0.25, 0.3) is 0 Å². The molecule has 0 fully saturated rings. The van der Waals surface area contributed by atoms with Crippen molar-refractivity contribution in [3.63, 3.8) is 0 Å². The van der Waals surface area contributed by atoms with Crippen molar-refractivity contribution in [1.29, 1.82) is 0 Å². The van der Waals surface area contributed by atoms with Crippen LogP contribution in [0.5, 0.6) is 0 Å². The highest BCUT2D eigenvalue weighted by Gasteiger charge is 2.25. The van der Waals surface area contributed by atoms with Crippen molar-refractivity contribution < 1.29 is 9.59 Å². The number of carbonyl (C=O) groups is 2. The Balaban J connectivity index is 1.98. The van der Waals surface area contributed by atoms with Crippen LogP contribution >= 0.6 is 23.4 Å². The Morgan fingerprint density at radius 3 is 2.45 bits per heavy atom. The standard InChI is InChI=1S/C25H33ClN2O2S/c1-18(2)16-27-25(30)20(4)28(17-21-8-5-7-19(3)15-21)24(29)9-6-14-31-23-12-10-22(26)11-13-23/h5,7-8,10-13,15,18,20H,6,9,14,16-17H2,1-4H3,(H,27,30)/t20-/m1/s1. The van der Waals surface area contributed by atoms with Crippen LogP contribution in [-0.4, -0.2) is 35.1 Å². The zero-order chi connectivity index (χ0) is 22.8. The third kappa shape index (κ3) is 8.96. The lowest BCUT2D eigenvalue weighted by Crippen LogP contribution is -2.48. The van der Waals surface area contributed by atoms with Crippen LogP contribution in [0.1, 0.15) is 44.7 Å². The van der Waals surface area contributed by atoms with Crippen LogP contribution in [0.25, 0.3) is 0 Å². The number of aryl methyl sites for hydroxylation is 1. The molecule has 4 nitrogen and oxygen atoms in total. The van der Waals surface area contributed by atoms with Crippen molar-refractivity contribution in [2.75, 3.05) is 12.3 Å². The maximum atomic E-state index is 13.1. The number of rotatable bonds is 11. The van der Waals surface area contributed by atoms with E-state index in [4.69, 9.17) is 11.6 Å². The number of benzene rings is 2. The van der Waals surface area contributed by atoms with Gasteiger partial charge in [-0.3, -0.25) is 9.59 Å². The van der Waals surface area contributed by atoms with Crippen LogP contribution in [0.2, 0.25) is 5.02 Å². The highest BCUT2D eigenvalue weighted by molar-refractivity contribution is 7.99. The van der Waals surface area contributed by atoms with Crippen molar-refractivity contribution in [3.05, 3.63) is 64.7 Å². The molecule has 2 aromatic carbocycles. The maximum Gasteiger partial charge on any atom is 0.242 e. The molecule has 0 aromatic heterocycles. The summed E-state index contributed by atoms with van der Waals surface area (Å²) in [6, 6.07) is 15.3. The number of hydrogen-bond donors (Lipinski definition) is 1. The molecule has 168 valence electrons. The zero-order valence-electron chi connectivity index (χ0n) is 18.9. The van der Waals surface area contributed by atoms with Gasteiger partial charge in [-0.05, 0) is 61.8 Å². The molecule has 1 atom stereocenters. The van der Waals surface area contributed by atoms with Gasteiger partial charge in [0.1, 0.15) is 6.04 Å². The summed E-state index contributed by atoms with van der Waals surface area (Å²) >= 11 is 7.63. The highest BCUT2D eigenvalue weighted by Crippen LogP contribution is 2.22. The molecule has 1 N–H and O–H groups in total. The summed E-state index contributed by atoms with van der Waals surface area (Å²) in [6.07, 6.45) is 1.16. The molecule has 0 unspecified atom stereocenters. The summed E-state index contributed by atoms with van der Waals surface area (Å²) in [4.78, 5) is 28.6. The smallest absolute Gasteiger partial charge is 0.242 e. The van der Waals surface area contributed by atoms with Gasteiger partial charge >= 0.3 is 0 Å². The number of nitrogens with one attached hydrogen (secondary N) is 1. The van der Waals surface area contributed by atoms with Crippen LogP contribution in [0, 0.1) is 12.8 Å². The molecule has 31 heavy (non-hydrogen) atoms. The summed E-state index contributed by atoms with van der Waals surface area (Å²) in [5, 5.41) is 3.68. The molecule has 0 bridgehead atoms. The van der Waals surface area contributed by atoms with E-state index in [-0.39, 0.29) is 11.8 Å². The van der Waals surface area contributed by atoms with Gasteiger partial charge in [0.05, 0.1) is 0 Å². The molecule has 0 aliphatic heterocycles. The quantitative estimate of drug-likeness (QED) is 0.345. The SMILES string of the molecule is Cc1cccc(CN(C(=O)CCCSc2ccc(Cl)cc2)[C@H](C)C(=O)NCC(C)C)c1. The van der Waals surface area contributed by atoms with Gasteiger partial charge in [-0.15, -0.1) is 11.8 Å². The lowest BCUT2D eigenvalue weighted by molar-refractivity contribution is -0.140. The number of hydrogen-bond acceptors (Lipinski definition) is 3. The molecule has 2 rings (SSSR count). The lowest BCUT2D eigenvalue weighted by atomic mass is 10.1. The molecule has 2 aromatic rings. The van der Waals surface area contributed by atoms with Gasteiger partial charge in [-0.25, -0.2) is 0 Å². The average Bonchev–Trinajstić information content (AvgIpc) is 2.74. The van der Waals surface area contributed by atoms with Crippen LogP contribution in [-0.2, 0) is 16.1 Å². The van der Waals surface area contributed by atoms with Gasteiger partial charge in [0.15, 0.2) is 0 Å². The van der Waals surface area contributed by atoms with Gasteiger partial charge in [-0.1, -0.05) is 55.3 Å². The Labute approximate surface area is 195 Å². The van der Waals surface area contributed by atoms with Crippen LogP contribution in [0.3, 0.4) is 0 Å². The second-order valence-corrected chi connectivity index (χ2v) is 9.84. The first-order valence-corrected chi connectivity index (χ1v) is 12.1. The average molecular weight is 461 g/mol. The predicted octanol–water partition coefficient (Wildman–Crippen LogP) is 5.71. The molecule has 0 aliphatic carbocycles. The van der Waals surface area contributed by atoms with Gasteiger partial charge in [0, 0.05) is 29.4 Å². The summed E-state index contributed by atoms with van der Waals surface area (Å²) in [5.74, 6) is 1.09. The zero-order valence-corrected chi connectivity index (χ0v) is 20.4. The van der Waals surface area contributed by atoms with E-state index in [2.05, 4.69) is 25.2 Å². The minimum absolute atomic E-state index is 0.00501. The monoisotopic (exact) mass is 460 g/mol. The van der Waals surface area contributed by atoms with E-state index in [0.29, 0.717) is 25.4 Å². The number of carbonyl (C=O) groups excluding carboxylic acids is 2. The maximum absolute atomic E-state index is 13.1. The Kier molecular flexibility index (Phi) is 10.4. The fraction of sp³-hybridized carbons (Fsp3) is 0.440. The number of nitrogens with zero attached hydrogens (tertiary/aromatic N) is 1. The topological polar surface area (TPSA) is 49.4 Å². The fourth-order valence-electron chi connectivity index (χ4n) is 3.13. The van der Waals surface area contributed by atoms with Crippen molar-refractivity contribution in [2.24, 2.45) is 5.92 Å². The molecule has 2 amide bonds. The molecule has 0 radical (unpaired) electrons. The molecule has 0 saturated heterocycles. The minimum atomic E-state index is -0.518. The summed E-state index contributed by atoms with van der Waals surface area (Å²) in [7, 11) is 0. The molecule has 0 saturated carbocycles. The second kappa shape index (κ2) is 12.8. The van der Waals surface area contributed by atoms with E-state index >= 15 is 0 Å². The van der Waals surface area contributed by atoms with Crippen molar-refractivity contribution in [1.82, 2.24) is 10.2 Å². The molecule has 6 heteroatoms. The Bertz CT molecular complexity index is 855. The predicted molar refractivity (Wildman–Crippen MR) is 130 cm³/mol. The van der Waals surface area contributed by atoms with Crippen LogP contribution < -0.4 is 5.32 Å². The van der Waals surface area contributed by atoms with Crippen LogP contribution in [0.4, 0.5) is 0 Å². The van der Waals surface area contributed by atoms with Gasteiger partial charge in [0.2, 0.25) is 11.8 Å². The van der Waals surface area contributed by atoms with E-state index in [1.807, 2.05) is 56.3 Å². The second-order valence-electron chi connectivity index (χ2n) is 8.23. The first kappa shape index (κ1) is 25.3. The summed E-state index contributed by atoms with van der Waals surface area (Å²) in [5.41, 5.74) is 2.17. The summed E-state index contributed by atoms with van der Waals surface area (Å²) < 4.78 is 0. The van der Waals surface area contributed by atoms with Gasteiger partial charge < -0.3 is 10.2 Å². The number of amides is 2.